The van der Waals surface area contributed by atoms with E-state index in [-0.39, 0.29) is 22.9 Å². The number of esters is 1. The van der Waals surface area contributed by atoms with Crippen LogP contribution < -0.4 is 0 Å². The van der Waals surface area contributed by atoms with Crippen molar-refractivity contribution in [2.75, 3.05) is 0 Å². The average molecular weight is 194 g/mol. The highest BCUT2D eigenvalue weighted by Gasteiger charge is 2.72. The summed E-state index contributed by atoms with van der Waals surface area (Å²) in [5.41, 5.74) is -0.747. The Morgan fingerprint density at radius 2 is 2.14 bits per heavy atom. The van der Waals surface area contributed by atoms with E-state index in [2.05, 4.69) is 0 Å². The summed E-state index contributed by atoms with van der Waals surface area (Å²) in [5.74, 6) is 0.249. The van der Waals surface area contributed by atoms with Crippen LogP contribution >= 0.6 is 0 Å². The maximum Gasteiger partial charge on any atom is 0.313 e. The fraction of sp³-hybridized carbons (Fsp3) is 0.818. The number of hydrogen-bond acceptors (Lipinski definition) is 3. The minimum absolute atomic E-state index is 0.0248. The zero-order valence-corrected chi connectivity index (χ0v) is 8.34. The van der Waals surface area contributed by atoms with Crippen molar-refractivity contribution in [2.45, 2.75) is 44.6 Å². The molecule has 0 aromatic rings. The van der Waals surface area contributed by atoms with Gasteiger partial charge in [0, 0.05) is 6.42 Å². The van der Waals surface area contributed by atoms with Crippen LogP contribution in [0, 0.1) is 11.3 Å². The first-order valence-electron chi connectivity index (χ1n) is 5.36. The van der Waals surface area contributed by atoms with Gasteiger partial charge < -0.3 is 4.74 Å². The molecule has 14 heavy (non-hydrogen) atoms. The fourth-order valence-corrected chi connectivity index (χ4v) is 3.61. The molecule has 0 aromatic carbocycles. The van der Waals surface area contributed by atoms with Gasteiger partial charge >= 0.3 is 5.97 Å². The molecule has 0 amide bonds. The van der Waals surface area contributed by atoms with Gasteiger partial charge in [-0.1, -0.05) is 0 Å². The van der Waals surface area contributed by atoms with Crippen LogP contribution in [-0.4, -0.2) is 17.4 Å². The van der Waals surface area contributed by atoms with E-state index in [4.69, 9.17) is 4.74 Å². The third-order valence-electron chi connectivity index (χ3n) is 4.56. The summed E-state index contributed by atoms with van der Waals surface area (Å²) in [7, 11) is 0. The summed E-state index contributed by atoms with van der Waals surface area (Å²) in [6.07, 6.45) is 4.13. The quantitative estimate of drug-likeness (QED) is 0.548. The predicted molar refractivity (Wildman–Crippen MR) is 48.5 cm³/mol. The van der Waals surface area contributed by atoms with Crippen LogP contribution in [0.5, 0.6) is 0 Å². The van der Waals surface area contributed by atoms with Crippen LogP contribution in [0.3, 0.4) is 0 Å². The molecule has 1 spiro atoms. The second-order valence-electron chi connectivity index (χ2n) is 5.01. The Morgan fingerprint density at radius 1 is 1.36 bits per heavy atom. The van der Waals surface area contributed by atoms with Gasteiger partial charge in [0.15, 0.2) is 0 Å². The first-order valence-corrected chi connectivity index (χ1v) is 5.36. The Balaban J connectivity index is 2.06. The van der Waals surface area contributed by atoms with E-state index in [0.717, 1.165) is 25.7 Å². The molecule has 2 aliphatic carbocycles. The molecule has 2 saturated carbocycles. The van der Waals surface area contributed by atoms with E-state index in [9.17, 15) is 9.59 Å². The Bertz CT molecular complexity index is 335. The predicted octanol–water partition coefficient (Wildman–Crippen LogP) is 1.45. The minimum Gasteiger partial charge on any atom is -0.457 e. The van der Waals surface area contributed by atoms with Gasteiger partial charge in [0.1, 0.15) is 11.4 Å². The SMILES string of the molecule is C[C@]12CC[C@@H]3C(=O)O[C@@]31CCCC2=O. The second-order valence-corrected chi connectivity index (χ2v) is 5.01. The van der Waals surface area contributed by atoms with E-state index >= 15 is 0 Å². The van der Waals surface area contributed by atoms with Crippen molar-refractivity contribution >= 4 is 11.8 Å². The molecular weight excluding hydrogens is 180 g/mol. The molecule has 3 aliphatic rings. The third-order valence-corrected chi connectivity index (χ3v) is 4.56. The third kappa shape index (κ3) is 0.645. The molecular formula is C11H14O3. The van der Waals surface area contributed by atoms with Crippen molar-refractivity contribution in [3.63, 3.8) is 0 Å². The normalized spacial score (nSPS) is 50.5. The van der Waals surface area contributed by atoms with E-state index in [1.165, 1.54) is 0 Å². The van der Waals surface area contributed by atoms with Crippen LogP contribution in [-0.2, 0) is 14.3 Å². The Kier molecular flexibility index (Phi) is 1.33. The first-order chi connectivity index (χ1) is 6.60. The summed E-state index contributed by atoms with van der Waals surface area (Å²) >= 11 is 0. The smallest absolute Gasteiger partial charge is 0.313 e. The fourth-order valence-electron chi connectivity index (χ4n) is 3.61. The Morgan fingerprint density at radius 3 is 2.86 bits per heavy atom. The lowest BCUT2D eigenvalue weighted by atomic mass is 9.61. The van der Waals surface area contributed by atoms with Gasteiger partial charge in [0.2, 0.25) is 0 Å². The number of Topliss-reactive ketones (excluding diaryl/α,β-unsaturated/α-hetero) is 1. The molecule has 3 nitrogen and oxygen atoms in total. The Hall–Kier alpha value is -0.860. The molecule has 0 radical (unpaired) electrons. The Labute approximate surface area is 82.8 Å². The van der Waals surface area contributed by atoms with Gasteiger partial charge in [0.05, 0.1) is 11.3 Å². The van der Waals surface area contributed by atoms with Crippen molar-refractivity contribution in [3.05, 3.63) is 0 Å². The van der Waals surface area contributed by atoms with Crippen LogP contribution in [0.4, 0.5) is 0 Å². The molecule has 76 valence electrons. The lowest BCUT2D eigenvalue weighted by Gasteiger charge is -2.53. The zero-order chi connectivity index (χ0) is 9.97. The summed E-state index contributed by atoms with van der Waals surface area (Å²) < 4.78 is 5.37. The first kappa shape index (κ1) is 8.45. The molecule has 0 aromatic heterocycles. The van der Waals surface area contributed by atoms with Crippen LogP contribution in [0.2, 0.25) is 0 Å². The van der Waals surface area contributed by atoms with Gasteiger partial charge in [-0.3, -0.25) is 9.59 Å². The molecule has 3 rings (SSSR count). The maximum atomic E-state index is 11.9. The van der Waals surface area contributed by atoms with E-state index < -0.39 is 0 Å². The highest BCUT2D eigenvalue weighted by molar-refractivity contribution is 5.93. The molecule has 3 atom stereocenters. The van der Waals surface area contributed by atoms with Crippen molar-refractivity contribution in [3.8, 4) is 0 Å². The van der Waals surface area contributed by atoms with E-state index in [0.29, 0.717) is 12.2 Å². The summed E-state index contributed by atoms with van der Waals surface area (Å²) in [4.78, 5) is 23.2. The van der Waals surface area contributed by atoms with E-state index in [1.54, 1.807) is 0 Å². The van der Waals surface area contributed by atoms with Crippen molar-refractivity contribution < 1.29 is 14.3 Å². The topological polar surface area (TPSA) is 43.4 Å². The van der Waals surface area contributed by atoms with Crippen LogP contribution in [0.1, 0.15) is 39.0 Å². The maximum absolute atomic E-state index is 11.9. The lowest BCUT2D eigenvalue weighted by molar-refractivity contribution is -0.231. The molecule has 1 saturated heterocycles. The van der Waals surface area contributed by atoms with Gasteiger partial charge in [-0.05, 0) is 32.6 Å². The number of ketones is 1. The highest BCUT2D eigenvalue weighted by Crippen LogP contribution is 2.63. The molecule has 3 fully saturated rings. The second kappa shape index (κ2) is 2.20. The zero-order valence-electron chi connectivity index (χ0n) is 8.34. The summed E-state index contributed by atoms with van der Waals surface area (Å²) in [5, 5.41) is 0. The van der Waals surface area contributed by atoms with Gasteiger partial charge in [-0.2, -0.15) is 0 Å². The number of carbonyl (C=O) groups is 2. The summed E-state index contributed by atoms with van der Waals surface area (Å²) in [6, 6.07) is 0. The molecule has 0 unspecified atom stereocenters. The van der Waals surface area contributed by atoms with Gasteiger partial charge in [0.25, 0.3) is 0 Å². The average Bonchev–Trinajstić information content (AvgIpc) is 2.36. The molecule has 1 heterocycles. The number of ether oxygens (including phenoxy) is 1. The standard InChI is InChI=1S/C11H14O3/c1-10-6-4-7-9(13)14-11(7,10)5-2-3-8(10)12/h7H,2-6H2,1H3/t7-,10-,11+/m1/s1. The number of carbonyl (C=O) groups excluding carboxylic acids is 2. The van der Waals surface area contributed by atoms with Crippen molar-refractivity contribution in [2.24, 2.45) is 11.3 Å². The number of hydrogen-bond donors (Lipinski definition) is 0. The molecule has 0 bridgehead atoms. The van der Waals surface area contributed by atoms with Gasteiger partial charge in [-0.15, -0.1) is 0 Å². The van der Waals surface area contributed by atoms with E-state index in [1.807, 2.05) is 6.92 Å². The minimum atomic E-state index is -0.389. The van der Waals surface area contributed by atoms with Crippen molar-refractivity contribution in [1.82, 2.24) is 0 Å². The van der Waals surface area contributed by atoms with Gasteiger partial charge in [-0.25, -0.2) is 0 Å². The molecule has 3 heteroatoms. The monoisotopic (exact) mass is 194 g/mol. The van der Waals surface area contributed by atoms with Crippen molar-refractivity contribution in [1.29, 1.82) is 0 Å². The largest absolute Gasteiger partial charge is 0.457 e. The highest BCUT2D eigenvalue weighted by atomic mass is 16.6. The van der Waals surface area contributed by atoms with Crippen LogP contribution in [0.25, 0.3) is 0 Å². The summed E-state index contributed by atoms with van der Waals surface area (Å²) in [6.45, 7) is 1.99. The number of rotatable bonds is 0. The molecule has 0 N–H and O–H groups in total. The lowest BCUT2D eigenvalue weighted by Crippen LogP contribution is -2.65. The van der Waals surface area contributed by atoms with Crippen LogP contribution in [0.15, 0.2) is 0 Å². The molecule has 1 aliphatic heterocycles.